The van der Waals surface area contributed by atoms with Crippen molar-refractivity contribution in [2.24, 2.45) is 23.2 Å². The number of allylic oxidation sites excluding steroid dienone is 5. The standard InChI is InChI=1S/C35H54/c1-10-27-11-14-29(15-12-27)34(20-25(4)5)33-18-16-30(26(6)19-24(2)3)23-31(33)21-28-13-17-32(22-28)35(7,8)9/h16-18,22-23,25-27,29,34H,2,10-15,19-21H2,1,3-9H3/t26-,27?,29?,34?/m1/s1. The van der Waals surface area contributed by atoms with E-state index in [9.17, 15) is 0 Å². The molecule has 2 atom stereocenters. The van der Waals surface area contributed by atoms with E-state index >= 15 is 0 Å². The zero-order valence-corrected chi connectivity index (χ0v) is 24.3. The third kappa shape index (κ3) is 7.71. The van der Waals surface area contributed by atoms with Crippen molar-refractivity contribution in [2.75, 3.05) is 0 Å². The first-order valence-corrected chi connectivity index (χ1v) is 14.6. The Morgan fingerprint density at radius 2 is 1.74 bits per heavy atom. The quantitative estimate of drug-likeness (QED) is 0.296. The second kappa shape index (κ2) is 12.1. The van der Waals surface area contributed by atoms with E-state index in [0.29, 0.717) is 11.8 Å². The summed E-state index contributed by atoms with van der Waals surface area (Å²) in [5, 5.41) is 0. The van der Waals surface area contributed by atoms with Gasteiger partial charge in [-0.15, -0.1) is 6.58 Å². The lowest BCUT2D eigenvalue weighted by Crippen LogP contribution is -2.23. The molecule has 0 spiro atoms. The minimum Gasteiger partial charge on any atom is -0.100 e. The van der Waals surface area contributed by atoms with E-state index in [1.807, 2.05) is 0 Å². The monoisotopic (exact) mass is 474 g/mol. The highest BCUT2D eigenvalue weighted by molar-refractivity contribution is 5.43. The highest BCUT2D eigenvalue weighted by atomic mass is 14.4. The molecule has 1 aromatic carbocycles. The summed E-state index contributed by atoms with van der Waals surface area (Å²) in [5.41, 5.74) is 9.39. The van der Waals surface area contributed by atoms with E-state index in [1.54, 1.807) is 16.7 Å². The van der Waals surface area contributed by atoms with Crippen molar-refractivity contribution >= 4 is 0 Å². The summed E-state index contributed by atoms with van der Waals surface area (Å²) < 4.78 is 0. The smallest absolute Gasteiger partial charge is 0.00578 e. The summed E-state index contributed by atoms with van der Waals surface area (Å²) in [5.74, 6) is 3.77. The van der Waals surface area contributed by atoms with E-state index in [0.717, 1.165) is 37.0 Å². The fraction of sp³-hybridized carbons (Fsp3) is 0.657. The van der Waals surface area contributed by atoms with Gasteiger partial charge in [0.05, 0.1) is 0 Å². The molecule has 35 heavy (non-hydrogen) atoms. The van der Waals surface area contributed by atoms with Crippen molar-refractivity contribution in [1.82, 2.24) is 0 Å². The lowest BCUT2D eigenvalue weighted by molar-refractivity contribution is 0.222. The van der Waals surface area contributed by atoms with Gasteiger partial charge in [-0.05, 0) is 103 Å². The number of hydrogen-bond donors (Lipinski definition) is 0. The van der Waals surface area contributed by atoms with Crippen LogP contribution in [-0.4, -0.2) is 0 Å². The van der Waals surface area contributed by atoms with Gasteiger partial charge in [-0.25, -0.2) is 0 Å². The van der Waals surface area contributed by atoms with E-state index in [4.69, 9.17) is 0 Å². The fourth-order valence-corrected chi connectivity index (χ4v) is 6.64. The second-order valence-electron chi connectivity index (χ2n) is 13.5. The average molecular weight is 475 g/mol. The molecular weight excluding hydrogens is 420 g/mol. The molecule has 2 aliphatic rings. The molecule has 0 heterocycles. The van der Waals surface area contributed by atoms with Crippen LogP contribution in [0.25, 0.3) is 0 Å². The zero-order valence-electron chi connectivity index (χ0n) is 24.3. The van der Waals surface area contributed by atoms with Gasteiger partial charge in [0.15, 0.2) is 0 Å². The Morgan fingerprint density at radius 1 is 1.06 bits per heavy atom. The normalized spacial score (nSPS) is 22.7. The average Bonchev–Trinajstić information content (AvgIpc) is 3.26. The molecule has 3 rings (SSSR count). The summed E-state index contributed by atoms with van der Waals surface area (Å²) in [6.07, 6.45) is 16.7. The van der Waals surface area contributed by atoms with Gasteiger partial charge >= 0.3 is 0 Å². The lowest BCUT2D eigenvalue weighted by Gasteiger charge is -2.36. The van der Waals surface area contributed by atoms with Crippen LogP contribution in [0, 0.1) is 23.2 Å². The first kappa shape index (κ1) is 28.0. The third-order valence-electron chi connectivity index (χ3n) is 8.78. The first-order chi connectivity index (χ1) is 16.5. The lowest BCUT2D eigenvalue weighted by atomic mass is 9.69. The Balaban J connectivity index is 1.96. The van der Waals surface area contributed by atoms with Crippen LogP contribution in [0.2, 0.25) is 0 Å². The largest absolute Gasteiger partial charge is 0.100 e. The summed E-state index contributed by atoms with van der Waals surface area (Å²) in [6.45, 7) is 23.0. The fourth-order valence-electron chi connectivity index (χ4n) is 6.64. The molecule has 0 heteroatoms. The van der Waals surface area contributed by atoms with Gasteiger partial charge < -0.3 is 0 Å². The van der Waals surface area contributed by atoms with Crippen molar-refractivity contribution in [3.05, 3.63) is 70.3 Å². The number of benzene rings is 1. The predicted molar refractivity (Wildman–Crippen MR) is 156 cm³/mol. The Labute approximate surface area is 218 Å². The van der Waals surface area contributed by atoms with Crippen LogP contribution >= 0.6 is 0 Å². The molecule has 0 amide bonds. The number of rotatable bonds is 10. The molecular formula is C35H54. The summed E-state index contributed by atoms with van der Waals surface area (Å²) in [6, 6.07) is 7.59. The summed E-state index contributed by atoms with van der Waals surface area (Å²) in [7, 11) is 0. The molecule has 1 unspecified atom stereocenters. The maximum atomic E-state index is 4.19. The van der Waals surface area contributed by atoms with Gasteiger partial charge in [-0.2, -0.15) is 0 Å². The van der Waals surface area contributed by atoms with Crippen LogP contribution in [0.15, 0.2) is 53.6 Å². The molecule has 0 bridgehead atoms. The van der Waals surface area contributed by atoms with Gasteiger partial charge in [0.25, 0.3) is 0 Å². The van der Waals surface area contributed by atoms with Gasteiger partial charge in [0, 0.05) is 0 Å². The van der Waals surface area contributed by atoms with E-state index in [1.165, 1.54) is 55.2 Å². The van der Waals surface area contributed by atoms with Crippen LogP contribution in [0.4, 0.5) is 0 Å². The van der Waals surface area contributed by atoms with Gasteiger partial charge in [-0.1, -0.05) is 109 Å². The highest BCUT2D eigenvalue weighted by Gasteiger charge is 2.30. The molecule has 1 fully saturated rings. The second-order valence-corrected chi connectivity index (χ2v) is 13.5. The minimum absolute atomic E-state index is 0.237. The maximum absolute atomic E-state index is 4.19. The van der Waals surface area contributed by atoms with Gasteiger partial charge in [0.2, 0.25) is 0 Å². The van der Waals surface area contributed by atoms with E-state index < -0.39 is 0 Å². The van der Waals surface area contributed by atoms with Crippen LogP contribution in [0.3, 0.4) is 0 Å². The van der Waals surface area contributed by atoms with Crippen molar-refractivity contribution in [1.29, 1.82) is 0 Å². The Bertz CT molecular complexity index is 908. The van der Waals surface area contributed by atoms with Gasteiger partial charge in [0.1, 0.15) is 0 Å². The SMILES string of the molecule is C=C(C)C[C@@H](C)c1ccc(C(CC(C)C)C2CCC(CC)CC2)c(CC2=CC(C(C)(C)C)=CC2)c1. The Kier molecular flexibility index (Phi) is 9.70. The van der Waals surface area contributed by atoms with Crippen LogP contribution in [0.5, 0.6) is 0 Å². The number of hydrogen-bond acceptors (Lipinski definition) is 0. The molecule has 0 aliphatic heterocycles. The predicted octanol–water partition coefficient (Wildman–Crippen LogP) is 10.9. The Hall–Kier alpha value is -1.56. The highest BCUT2D eigenvalue weighted by Crippen LogP contribution is 2.44. The van der Waals surface area contributed by atoms with E-state index in [-0.39, 0.29) is 5.41 Å². The summed E-state index contributed by atoms with van der Waals surface area (Å²) >= 11 is 0. The van der Waals surface area contributed by atoms with Gasteiger partial charge in [-0.3, -0.25) is 0 Å². The first-order valence-electron chi connectivity index (χ1n) is 14.6. The van der Waals surface area contributed by atoms with Crippen LogP contribution < -0.4 is 0 Å². The molecule has 0 aromatic heterocycles. The van der Waals surface area contributed by atoms with Crippen molar-refractivity contribution in [3.63, 3.8) is 0 Å². The molecule has 0 nitrogen and oxygen atoms in total. The molecule has 1 saturated carbocycles. The molecule has 0 N–H and O–H groups in total. The zero-order chi connectivity index (χ0) is 25.8. The van der Waals surface area contributed by atoms with Crippen molar-refractivity contribution in [3.8, 4) is 0 Å². The summed E-state index contributed by atoms with van der Waals surface area (Å²) in [4.78, 5) is 0. The molecule has 2 aliphatic carbocycles. The third-order valence-corrected chi connectivity index (χ3v) is 8.78. The molecule has 0 saturated heterocycles. The Morgan fingerprint density at radius 3 is 2.29 bits per heavy atom. The van der Waals surface area contributed by atoms with Crippen molar-refractivity contribution in [2.45, 2.75) is 125 Å². The topological polar surface area (TPSA) is 0 Å². The minimum atomic E-state index is 0.237. The molecule has 1 aromatic rings. The molecule has 0 radical (unpaired) electrons. The van der Waals surface area contributed by atoms with Crippen molar-refractivity contribution < 1.29 is 0 Å². The molecule has 194 valence electrons. The maximum Gasteiger partial charge on any atom is -0.00578 e. The van der Waals surface area contributed by atoms with E-state index in [2.05, 4.69) is 92.3 Å². The van der Waals surface area contributed by atoms with Crippen LogP contribution in [0.1, 0.15) is 135 Å². The van der Waals surface area contributed by atoms with Crippen LogP contribution in [-0.2, 0) is 6.42 Å².